The number of aromatic nitrogens is 3. The number of aryl methyl sites for hydroxylation is 3. The number of hydrogen-bond donors (Lipinski definition) is 1. The fraction of sp³-hybridized carbons (Fsp3) is 0.333. The molecule has 2 heterocycles. The zero-order valence-corrected chi connectivity index (χ0v) is 13.8. The molecule has 0 atom stereocenters. The first-order valence-electron chi connectivity index (χ1n) is 7.31. The van der Waals surface area contributed by atoms with Gasteiger partial charge in [0.2, 0.25) is 10.0 Å². The summed E-state index contributed by atoms with van der Waals surface area (Å²) in [5.74, 6) is 0.301. The first kappa shape index (κ1) is 15.7. The van der Waals surface area contributed by atoms with Crippen molar-refractivity contribution in [3.8, 4) is 0 Å². The normalized spacial score (nSPS) is 12.1. The molecule has 0 amide bonds. The monoisotopic (exact) mass is 334 g/mol. The van der Waals surface area contributed by atoms with Crippen LogP contribution in [0.2, 0.25) is 0 Å². The number of nitrogens with zero attached hydrogens (tertiary/aromatic N) is 3. The van der Waals surface area contributed by atoms with E-state index in [1.54, 1.807) is 20.2 Å². The summed E-state index contributed by atoms with van der Waals surface area (Å²) in [6.45, 7) is 4.22. The van der Waals surface area contributed by atoms with Gasteiger partial charge in [-0.25, -0.2) is 18.1 Å². The fourth-order valence-corrected chi connectivity index (χ4v) is 3.97. The van der Waals surface area contributed by atoms with E-state index < -0.39 is 10.0 Å². The van der Waals surface area contributed by atoms with Crippen LogP contribution >= 0.6 is 0 Å². The molecule has 1 aromatic carbocycles. The zero-order valence-electron chi connectivity index (χ0n) is 13.0. The van der Waals surface area contributed by atoms with Gasteiger partial charge in [0.05, 0.1) is 17.4 Å². The number of imidazole rings is 1. The maximum atomic E-state index is 12.3. The highest BCUT2D eigenvalue weighted by Crippen LogP contribution is 2.18. The summed E-state index contributed by atoms with van der Waals surface area (Å²) >= 11 is 0. The lowest BCUT2D eigenvalue weighted by Gasteiger charge is -2.07. The van der Waals surface area contributed by atoms with Crippen LogP contribution < -0.4 is 4.72 Å². The van der Waals surface area contributed by atoms with E-state index >= 15 is 0 Å². The topological polar surface area (TPSA) is 90.0 Å². The molecule has 2 aromatic heterocycles. The Morgan fingerprint density at radius 3 is 2.78 bits per heavy atom. The molecule has 0 aliphatic carbocycles. The Morgan fingerprint density at radius 1 is 1.26 bits per heavy atom. The van der Waals surface area contributed by atoms with Crippen molar-refractivity contribution < 1.29 is 12.9 Å². The molecule has 7 nitrogen and oxygen atoms in total. The number of sulfonamides is 1. The quantitative estimate of drug-likeness (QED) is 0.696. The van der Waals surface area contributed by atoms with Crippen LogP contribution in [-0.4, -0.2) is 29.7 Å². The van der Waals surface area contributed by atoms with Crippen LogP contribution in [0.3, 0.4) is 0 Å². The van der Waals surface area contributed by atoms with Gasteiger partial charge in [-0.1, -0.05) is 17.3 Å². The van der Waals surface area contributed by atoms with Crippen molar-refractivity contribution in [3.63, 3.8) is 0 Å². The van der Waals surface area contributed by atoms with E-state index in [0.29, 0.717) is 31.0 Å². The number of nitrogens with one attached hydrogen (secondary N) is 1. The molecule has 0 aliphatic rings. The van der Waals surface area contributed by atoms with Crippen LogP contribution in [0, 0.1) is 13.8 Å². The van der Waals surface area contributed by atoms with Crippen molar-refractivity contribution in [1.29, 1.82) is 0 Å². The molecular weight excluding hydrogens is 316 g/mol. The minimum absolute atomic E-state index is 0.130. The minimum Gasteiger partial charge on any atom is -0.360 e. The van der Waals surface area contributed by atoms with E-state index in [2.05, 4.69) is 14.9 Å². The van der Waals surface area contributed by atoms with Crippen molar-refractivity contribution in [2.75, 3.05) is 6.54 Å². The summed E-state index contributed by atoms with van der Waals surface area (Å²) < 4.78 is 34.1. The Balaban J connectivity index is 1.62. The highest BCUT2D eigenvalue weighted by Gasteiger charge is 2.23. The van der Waals surface area contributed by atoms with E-state index in [9.17, 15) is 8.42 Å². The second-order valence-corrected chi connectivity index (χ2v) is 7.04. The van der Waals surface area contributed by atoms with Crippen molar-refractivity contribution in [2.45, 2.75) is 31.7 Å². The molecule has 122 valence electrons. The van der Waals surface area contributed by atoms with E-state index in [0.717, 1.165) is 11.0 Å². The molecule has 0 radical (unpaired) electrons. The summed E-state index contributed by atoms with van der Waals surface area (Å²) in [5, 5.41) is 3.68. The summed E-state index contributed by atoms with van der Waals surface area (Å²) in [6.07, 6.45) is 2.43. The van der Waals surface area contributed by atoms with Crippen LogP contribution in [0.4, 0.5) is 0 Å². The molecule has 3 aromatic rings. The summed E-state index contributed by atoms with van der Waals surface area (Å²) in [6, 6.07) is 7.85. The Kier molecular flexibility index (Phi) is 4.18. The van der Waals surface area contributed by atoms with E-state index in [-0.39, 0.29) is 4.90 Å². The first-order chi connectivity index (χ1) is 11.0. The van der Waals surface area contributed by atoms with Gasteiger partial charge in [-0.15, -0.1) is 0 Å². The number of benzene rings is 1. The predicted molar refractivity (Wildman–Crippen MR) is 85.5 cm³/mol. The van der Waals surface area contributed by atoms with Crippen LogP contribution in [0.25, 0.3) is 11.0 Å². The highest BCUT2D eigenvalue weighted by molar-refractivity contribution is 7.89. The average Bonchev–Trinajstić information content (AvgIpc) is 3.08. The molecule has 0 spiro atoms. The van der Waals surface area contributed by atoms with Crippen LogP contribution in [0.1, 0.15) is 17.9 Å². The van der Waals surface area contributed by atoms with Crippen molar-refractivity contribution in [1.82, 2.24) is 19.4 Å². The smallest absolute Gasteiger partial charge is 0.245 e. The third kappa shape index (κ3) is 3.13. The van der Waals surface area contributed by atoms with Gasteiger partial charge in [0.15, 0.2) is 5.76 Å². The lowest BCUT2D eigenvalue weighted by molar-refractivity contribution is 0.390. The van der Waals surface area contributed by atoms with Gasteiger partial charge in [0.25, 0.3) is 0 Å². The van der Waals surface area contributed by atoms with Gasteiger partial charge in [0.1, 0.15) is 10.6 Å². The average molecular weight is 334 g/mol. The Labute approximate surface area is 134 Å². The summed E-state index contributed by atoms with van der Waals surface area (Å²) in [5.41, 5.74) is 2.35. The number of fused-ring (bicyclic) bond motifs is 1. The Hall–Kier alpha value is -2.19. The molecule has 0 bridgehead atoms. The Bertz CT molecular complexity index is 908. The maximum absolute atomic E-state index is 12.3. The minimum atomic E-state index is -3.59. The molecule has 8 heteroatoms. The molecule has 3 rings (SSSR count). The van der Waals surface area contributed by atoms with Crippen LogP contribution in [0.5, 0.6) is 0 Å². The van der Waals surface area contributed by atoms with E-state index in [1.807, 2.05) is 28.8 Å². The van der Waals surface area contributed by atoms with Gasteiger partial charge in [0, 0.05) is 13.1 Å². The standard InChI is InChI=1S/C15H18N4O3S/c1-11-15(12(2)22-18-11)23(20,21)17-8-5-9-19-10-16-13-6-3-4-7-14(13)19/h3-4,6-7,10,17H,5,8-9H2,1-2H3. The third-order valence-corrected chi connectivity index (χ3v) is 5.34. The zero-order chi connectivity index (χ0) is 16.4. The Morgan fingerprint density at radius 2 is 2.04 bits per heavy atom. The molecule has 0 fully saturated rings. The van der Waals surface area contributed by atoms with E-state index in [4.69, 9.17) is 4.52 Å². The van der Waals surface area contributed by atoms with Gasteiger partial charge in [-0.2, -0.15) is 0 Å². The van der Waals surface area contributed by atoms with Gasteiger partial charge >= 0.3 is 0 Å². The number of rotatable bonds is 6. The summed E-state index contributed by atoms with van der Waals surface area (Å²) in [7, 11) is -3.59. The number of hydrogen-bond acceptors (Lipinski definition) is 5. The highest BCUT2D eigenvalue weighted by atomic mass is 32.2. The van der Waals surface area contributed by atoms with E-state index in [1.165, 1.54) is 0 Å². The lowest BCUT2D eigenvalue weighted by Crippen LogP contribution is -2.26. The largest absolute Gasteiger partial charge is 0.360 e. The van der Waals surface area contributed by atoms with Gasteiger partial charge < -0.3 is 9.09 Å². The second kappa shape index (κ2) is 6.13. The first-order valence-corrected chi connectivity index (χ1v) is 8.80. The van der Waals surface area contributed by atoms with Crippen molar-refractivity contribution in [2.24, 2.45) is 0 Å². The number of para-hydroxylation sites is 2. The fourth-order valence-electron chi connectivity index (χ4n) is 2.57. The van der Waals surface area contributed by atoms with Crippen LogP contribution in [0.15, 0.2) is 40.0 Å². The van der Waals surface area contributed by atoms with Gasteiger partial charge in [-0.3, -0.25) is 0 Å². The SMILES string of the molecule is Cc1noc(C)c1S(=O)(=O)NCCCn1cnc2ccccc21. The second-order valence-electron chi connectivity index (χ2n) is 5.33. The molecule has 0 saturated heterocycles. The van der Waals surface area contributed by atoms with Gasteiger partial charge in [-0.05, 0) is 32.4 Å². The molecule has 1 N–H and O–H groups in total. The molecule has 0 saturated carbocycles. The molecule has 0 aliphatic heterocycles. The van der Waals surface area contributed by atoms with Crippen molar-refractivity contribution in [3.05, 3.63) is 42.0 Å². The molecule has 0 unspecified atom stereocenters. The van der Waals surface area contributed by atoms with Crippen molar-refractivity contribution >= 4 is 21.1 Å². The third-order valence-electron chi connectivity index (χ3n) is 3.63. The predicted octanol–water partition coefficient (Wildman–Crippen LogP) is 2.01. The lowest BCUT2D eigenvalue weighted by atomic mass is 10.3. The molecule has 23 heavy (non-hydrogen) atoms. The molecular formula is C15H18N4O3S. The summed E-state index contributed by atoms with van der Waals surface area (Å²) in [4.78, 5) is 4.44. The maximum Gasteiger partial charge on any atom is 0.245 e. The van der Waals surface area contributed by atoms with Crippen LogP contribution in [-0.2, 0) is 16.6 Å².